The number of allylic oxidation sites excluding steroid dienone is 7. The molecule has 0 radical (unpaired) electrons. The fourth-order valence-corrected chi connectivity index (χ4v) is 13.1. The second-order valence-corrected chi connectivity index (χ2v) is 24.0. The number of carbonyl (C=O) groups is 4. The number of aliphatic hydroxyl groups excluding tert-OH is 1. The maximum Gasteiger partial charge on any atom is 0.334 e. The van der Waals surface area contributed by atoms with E-state index in [-0.39, 0.29) is 18.5 Å². The number of hydrogen-bond donors (Lipinski definition) is 1. The minimum atomic E-state index is -2.29. The van der Waals surface area contributed by atoms with Crippen molar-refractivity contribution in [1.82, 2.24) is 0 Å². The summed E-state index contributed by atoms with van der Waals surface area (Å²) in [4.78, 5) is 44.4. The van der Waals surface area contributed by atoms with E-state index in [1.807, 2.05) is 209 Å². The Balaban J connectivity index is 0.000000284. The summed E-state index contributed by atoms with van der Waals surface area (Å²) in [6, 6.07) is 81.5. The minimum absolute atomic E-state index is 0.160. The van der Waals surface area contributed by atoms with Crippen LogP contribution in [0.5, 0.6) is 0 Å². The molecule has 0 aliphatic heterocycles. The highest BCUT2D eigenvalue weighted by molar-refractivity contribution is 14.1. The minimum Gasteiger partial charge on any atom is -0.463 e. The van der Waals surface area contributed by atoms with E-state index >= 15 is 0 Å². The fourth-order valence-electron chi connectivity index (χ4n) is 8.25. The van der Waals surface area contributed by atoms with Crippen LogP contribution < -0.4 is 15.9 Å². The second-order valence-electron chi connectivity index (χ2n) is 19.7. The quantitative estimate of drug-likeness (QED) is 0.0154. The van der Waals surface area contributed by atoms with Gasteiger partial charge in [-0.1, -0.05) is 307 Å². The van der Waals surface area contributed by atoms with Crippen molar-refractivity contribution in [1.29, 1.82) is 0 Å². The Hall–Kier alpha value is -8.27. The second kappa shape index (κ2) is 45.1. The van der Waals surface area contributed by atoms with Gasteiger partial charge in [-0.05, 0) is 134 Å². The molecule has 452 valence electrons. The Kier molecular flexibility index (Phi) is 37.8. The summed E-state index contributed by atoms with van der Waals surface area (Å²) in [7, 11) is 0. The van der Waals surface area contributed by atoms with Crippen LogP contribution in [0, 0.1) is 0 Å². The summed E-state index contributed by atoms with van der Waals surface area (Å²) in [5, 5.41) is 13.0. The highest BCUT2D eigenvalue weighted by Crippen LogP contribution is 2.46. The van der Waals surface area contributed by atoms with Gasteiger partial charge in [-0.15, -0.1) is 0 Å². The molecule has 0 aliphatic rings. The molecule has 0 atom stereocenters. The molecule has 87 heavy (non-hydrogen) atoms. The molecule has 0 saturated heterocycles. The van der Waals surface area contributed by atoms with Crippen molar-refractivity contribution in [2.24, 2.45) is 0 Å². The maximum atomic E-state index is 12.9. The number of ether oxygens (including phenoxy) is 2. The number of aliphatic hydroxyl groups is 1. The summed E-state index contributed by atoms with van der Waals surface area (Å²) in [5.41, 5.74) is 9.96. The number of benzene rings is 8. The van der Waals surface area contributed by atoms with E-state index in [1.165, 1.54) is 27.8 Å². The molecule has 0 fully saturated rings. The van der Waals surface area contributed by atoms with Crippen LogP contribution in [-0.2, 0) is 60.8 Å². The van der Waals surface area contributed by atoms with Gasteiger partial charge >= 0.3 is 11.9 Å². The van der Waals surface area contributed by atoms with Gasteiger partial charge in [0.2, 0.25) is 0 Å². The third-order valence-electron chi connectivity index (χ3n) is 13.0. The van der Waals surface area contributed by atoms with Crippen molar-refractivity contribution in [3.8, 4) is 0 Å². The van der Waals surface area contributed by atoms with Crippen molar-refractivity contribution < 1.29 is 33.8 Å². The number of rotatable bonds is 20. The van der Waals surface area contributed by atoms with Gasteiger partial charge in [0.25, 0.3) is 0 Å². The van der Waals surface area contributed by atoms with Crippen LogP contribution in [0.25, 0.3) is 0 Å². The lowest BCUT2D eigenvalue weighted by Gasteiger charge is -2.31. The predicted molar refractivity (Wildman–Crippen MR) is 377 cm³/mol. The molecule has 0 spiro atoms. The zero-order chi connectivity index (χ0) is 63.2. The van der Waals surface area contributed by atoms with Crippen molar-refractivity contribution >= 4 is 75.2 Å². The fraction of sp³-hybridized carbons (Fsp3) is 0.192. The lowest BCUT2D eigenvalue weighted by Crippen LogP contribution is -2.33. The number of carbonyl (C=O) groups excluding carboxylic acids is 4. The van der Waals surface area contributed by atoms with Crippen LogP contribution in [-0.4, -0.2) is 54.7 Å². The first-order chi connectivity index (χ1) is 42.4. The van der Waals surface area contributed by atoms with Gasteiger partial charge in [0, 0.05) is 17.3 Å². The van der Waals surface area contributed by atoms with E-state index in [9.17, 15) is 19.2 Å². The van der Waals surface area contributed by atoms with E-state index in [1.54, 1.807) is 6.92 Å². The van der Waals surface area contributed by atoms with Crippen molar-refractivity contribution in [3.63, 3.8) is 0 Å². The Morgan fingerprint density at radius 2 is 0.713 bits per heavy atom. The summed E-state index contributed by atoms with van der Waals surface area (Å²) in [6.07, 6.45) is 16.1. The zero-order valence-electron chi connectivity index (χ0n) is 51.6. The summed E-state index contributed by atoms with van der Waals surface area (Å²) in [5.74, 6) is -0.453. The molecule has 1 N–H and O–H groups in total. The average Bonchev–Trinajstić information content (AvgIpc) is 0.843. The Bertz CT molecular complexity index is 3280. The molecule has 0 heterocycles. The first-order valence-corrected chi connectivity index (χ1v) is 32.3. The molecule has 0 amide bonds. The predicted octanol–water partition coefficient (Wildman–Crippen LogP) is 16.6. The Morgan fingerprint density at radius 1 is 0.414 bits per heavy atom. The largest absolute Gasteiger partial charge is 0.463 e. The highest BCUT2D eigenvalue weighted by Gasteiger charge is 2.31. The average molecular weight is 1290 g/mol. The molecule has 0 aliphatic carbocycles. The van der Waals surface area contributed by atoms with E-state index in [0.29, 0.717) is 25.2 Å². The lowest BCUT2D eigenvalue weighted by molar-refractivity contribution is -0.138. The number of hydrogen-bond acceptors (Lipinski definition) is 7. The number of esters is 2. The van der Waals surface area contributed by atoms with Crippen LogP contribution >= 0.6 is 29.5 Å². The van der Waals surface area contributed by atoms with Crippen LogP contribution in [0.1, 0.15) is 76.3 Å². The van der Waals surface area contributed by atoms with Gasteiger partial charge < -0.3 is 19.4 Å². The highest BCUT2D eigenvalue weighted by atomic mass is 127. The van der Waals surface area contributed by atoms with Crippen molar-refractivity contribution in [3.05, 3.63) is 327 Å². The zero-order valence-corrected chi connectivity index (χ0v) is 54.6. The van der Waals surface area contributed by atoms with Gasteiger partial charge in [0.15, 0.2) is 0 Å². The van der Waals surface area contributed by atoms with E-state index in [4.69, 9.17) is 14.6 Å². The molecule has 9 heteroatoms. The molecular weight excluding hydrogens is 1210 g/mol. The van der Waals surface area contributed by atoms with E-state index < -0.39 is 6.89 Å². The third kappa shape index (κ3) is 29.1. The third-order valence-corrected chi connectivity index (χ3v) is 17.8. The standard InChI is InChI=1S/C23H23O2P.C13H16O2.C12H13I.C11H14O.C11H12O.C8H8O/c1-3-25-23(24)19(2)26(20-13-7-4-8-14-20,21-15-9-5-10-16-21)22-17-11-6-12-18-22;1-3-15-13(14)11(2)9-10-12-7-5-4-6-8-12;1-11(9-10-13)7-8-12-5-3-2-4-6-12;2*1-10(9-12)7-8-11-5-3-2-4-6-11;9-7-6-8-4-2-1-3-5-8/h4-18H,3H2,1-2H3;4-9H,3,10H2,1-2H3;2-7,9-10H,8H2,1H3;2-7,12H,8-9H2,1H3;2-7,9H,8H2,1H3;1-5,7H,6H2/b;11-9+;10-9-,11-7+;2*10-7+;. The topological polar surface area (TPSA) is 107 Å². The Morgan fingerprint density at radius 3 is 1.02 bits per heavy atom. The molecule has 8 aromatic rings. The van der Waals surface area contributed by atoms with Crippen molar-refractivity contribution in [2.75, 3.05) is 19.8 Å². The molecule has 8 rings (SSSR count). The van der Waals surface area contributed by atoms with Gasteiger partial charge in [-0.25, -0.2) is 9.59 Å². The SMILES string of the molecule is C/C(=C\Cc1ccccc1)CO.C/C(C=O)=C\Cc1ccccc1.CC(/C=C\I)=C\Cc1ccccc1.CCOC(=O)/C(C)=C/Cc1ccccc1.CCOC(=O)C(C)=P(c1ccccc1)(c1ccccc1)c1ccccc1.O=CCc1ccccc1. The van der Waals surface area contributed by atoms with Gasteiger partial charge in [-0.3, -0.25) is 4.79 Å². The van der Waals surface area contributed by atoms with Crippen molar-refractivity contribution in [2.45, 2.75) is 80.6 Å². The summed E-state index contributed by atoms with van der Waals surface area (Å²) < 4.78 is 12.3. The smallest absolute Gasteiger partial charge is 0.334 e. The number of halogens is 1. The molecule has 0 saturated carbocycles. The number of aldehydes is 2. The maximum absolute atomic E-state index is 12.9. The lowest BCUT2D eigenvalue weighted by atomic mass is 10.1. The molecule has 7 nitrogen and oxygen atoms in total. The molecule has 0 unspecified atom stereocenters. The molecule has 0 aromatic heterocycles. The first-order valence-electron chi connectivity index (χ1n) is 29.2. The van der Waals surface area contributed by atoms with Crippen LogP contribution in [0.2, 0.25) is 0 Å². The first kappa shape index (κ1) is 73.0. The van der Waals surface area contributed by atoms with Gasteiger partial charge in [0.05, 0.1) is 19.8 Å². The normalized spacial score (nSPS) is 11.1. The Labute approximate surface area is 533 Å². The van der Waals surface area contributed by atoms with Gasteiger partial charge in [-0.2, -0.15) is 0 Å². The van der Waals surface area contributed by atoms with Crippen LogP contribution in [0.4, 0.5) is 0 Å². The summed E-state index contributed by atoms with van der Waals surface area (Å²) >= 11 is 2.24. The molecule has 8 aromatic carbocycles. The van der Waals surface area contributed by atoms with Crippen LogP contribution in [0.3, 0.4) is 0 Å². The van der Waals surface area contributed by atoms with E-state index in [0.717, 1.165) is 76.2 Å². The van der Waals surface area contributed by atoms with Crippen LogP contribution in [0.15, 0.2) is 299 Å². The molecule has 0 bridgehead atoms. The van der Waals surface area contributed by atoms with E-state index in [2.05, 4.69) is 133 Å². The van der Waals surface area contributed by atoms with Gasteiger partial charge in [0.1, 0.15) is 12.6 Å². The molecular formula is C78H86IO7P. The summed E-state index contributed by atoms with van der Waals surface area (Å²) in [6.45, 7) is 11.9. The monoisotopic (exact) mass is 1290 g/mol.